The van der Waals surface area contributed by atoms with Crippen molar-refractivity contribution in [2.24, 2.45) is 0 Å². The molecule has 0 aliphatic heterocycles. The minimum absolute atomic E-state index is 0.0204. The van der Waals surface area contributed by atoms with Crippen molar-refractivity contribution in [1.29, 1.82) is 0 Å². The van der Waals surface area contributed by atoms with Gasteiger partial charge in [0, 0.05) is 5.02 Å². The van der Waals surface area contributed by atoms with Gasteiger partial charge in [-0.3, -0.25) is 4.79 Å². The normalized spacial score (nSPS) is 11.4. The molecule has 2 aromatic carbocycles. The first-order chi connectivity index (χ1) is 10.7. The molecule has 0 atom stereocenters. The quantitative estimate of drug-likeness (QED) is 0.524. The van der Waals surface area contributed by atoms with Crippen molar-refractivity contribution in [3.8, 4) is 5.75 Å². The van der Waals surface area contributed by atoms with Crippen LogP contribution in [0.1, 0.15) is 21.5 Å². The van der Waals surface area contributed by atoms with E-state index < -0.39 is 24.2 Å². The second kappa shape index (κ2) is 6.76. The van der Waals surface area contributed by atoms with Crippen LogP contribution in [0.15, 0.2) is 30.3 Å². The molecule has 0 saturated carbocycles. The Hall–Kier alpha value is -1.79. The van der Waals surface area contributed by atoms with E-state index in [4.69, 9.17) is 27.9 Å². The van der Waals surface area contributed by atoms with Gasteiger partial charge in [0.2, 0.25) is 0 Å². The van der Waals surface area contributed by atoms with Crippen LogP contribution in [-0.4, -0.2) is 6.29 Å². The lowest BCUT2D eigenvalue weighted by Crippen LogP contribution is -2.07. The van der Waals surface area contributed by atoms with E-state index in [1.54, 1.807) is 0 Å². The highest BCUT2D eigenvalue weighted by molar-refractivity contribution is 6.36. The van der Waals surface area contributed by atoms with Gasteiger partial charge >= 0.3 is 6.18 Å². The van der Waals surface area contributed by atoms with Gasteiger partial charge in [0.1, 0.15) is 18.2 Å². The number of hydrogen-bond acceptors (Lipinski definition) is 2. The van der Waals surface area contributed by atoms with Crippen molar-refractivity contribution in [1.82, 2.24) is 0 Å². The maximum atomic E-state index is 13.3. The first-order valence-electron chi connectivity index (χ1n) is 6.14. The Bertz CT molecular complexity index is 745. The lowest BCUT2D eigenvalue weighted by Gasteiger charge is -2.13. The molecular weight excluding hydrogens is 359 g/mol. The van der Waals surface area contributed by atoms with Crippen LogP contribution in [0, 0.1) is 5.82 Å². The third kappa shape index (κ3) is 4.36. The molecule has 0 spiro atoms. The zero-order valence-electron chi connectivity index (χ0n) is 11.3. The van der Waals surface area contributed by atoms with E-state index in [0.717, 1.165) is 12.1 Å². The molecular formula is C15H8Cl2F4O2. The number of rotatable bonds is 4. The van der Waals surface area contributed by atoms with E-state index in [-0.39, 0.29) is 26.9 Å². The Morgan fingerprint density at radius 2 is 1.78 bits per heavy atom. The molecule has 0 unspecified atom stereocenters. The third-order valence-electron chi connectivity index (χ3n) is 2.83. The molecule has 2 aromatic rings. The molecule has 8 heteroatoms. The van der Waals surface area contributed by atoms with Gasteiger partial charge in [0.25, 0.3) is 0 Å². The number of halogens is 6. The monoisotopic (exact) mass is 366 g/mol. The molecule has 23 heavy (non-hydrogen) atoms. The van der Waals surface area contributed by atoms with E-state index in [1.807, 2.05) is 0 Å². The molecule has 0 amide bonds. The summed E-state index contributed by atoms with van der Waals surface area (Å²) in [5, 5.41) is 0.224. The van der Waals surface area contributed by atoms with Gasteiger partial charge in [0.15, 0.2) is 6.29 Å². The summed E-state index contributed by atoms with van der Waals surface area (Å²) in [5.41, 5.74) is -1.15. The Morgan fingerprint density at radius 1 is 1.09 bits per heavy atom. The number of carbonyl (C=O) groups is 1. The predicted molar refractivity (Wildman–Crippen MR) is 77.6 cm³/mol. The average Bonchev–Trinajstić information content (AvgIpc) is 2.44. The second-order valence-electron chi connectivity index (χ2n) is 4.56. The first-order valence-corrected chi connectivity index (χ1v) is 6.90. The SMILES string of the molecule is O=Cc1cc(Cl)cc(Cl)c1OCc1cc(F)cc(C(F)(F)F)c1. The first kappa shape index (κ1) is 17.6. The fourth-order valence-electron chi connectivity index (χ4n) is 1.87. The largest absolute Gasteiger partial charge is 0.487 e. The van der Waals surface area contributed by atoms with Crippen molar-refractivity contribution in [3.63, 3.8) is 0 Å². The van der Waals surface area contributed by atoms with Crippen molar-refractivity contribution in [2.45, 2.75) is 12.8 Å². The van der Waals surface area contributed by atoms with E-state index in [0.29, 0.717) is 12.4 Å². The topological polar surface area (TPSA) is 26.3 Å². The third-order valence-corrected chi connectivity index (χ3v) is 3.33. The Kier molecular flexibility index (Phi) is 5.16. The van der Waals surface area contributed by atoms with Gasteiger partial charge in [-0.05, 0) is 35.9 Å². The van der Waals surface area contributed by atoms with Crippen LogP contribution in [0.25, 0.3) is 0 Å². The number of hydrogen-bond donors (Lipinski definition) is 0. The molecule has 0 saturated heterocycles. The molecule has 0 fully saturated rings. The maximum Gasteiger partial charge on any atom is 0.416 e. The number of carbonyl (C=O) groups excluding carboxylic acids is 1. The summed E-state index contributed by atoms with van der Waals surface area (Å²) in [6.07, 6.45) is -4.23. The van der Waals surface area contributed by atoms with Gasteiger partial charge in [-0.2, -0.15) is 13.2 Å². The van der Waals surface area contributed by atoms with Gasteiger partial charge in [-0.15, -0.1) is 0 Å². The predicted octanol–water partition coefficient (Wildman–Crippen LogP) is 5.54. The molecule has 0 aliphatic carbocycles. The molecule has 2 rings (SSSR count). The maximum absolute atomic E-state index is 13.3. The molecule has 0 N–H and O–H groups in total. The highest BCUT2D eigenvalue weighted by Crippen LogP contribution is 2.33. The van der Waals surface area contributed by atoms with Gasteiger partial charge in [-0.25, -0.2) is 4.39 Å². The van der Waals surface area contributed by atoms with E-state index in [2.05, 4.69) is 0 Å². The Labute approximate surface area is 138 Å². The summed E-state index contributed by atoms with van der Waals surface area (Å²) in [6.45, 7) is -0.400. The van der Waals surface area contributed by atoms with Gasteiger partial charge < -0.3 is 4.74 Å². The van der Waals surface area contributed by atoms with Crippen LogP contribution >= 0.6 is 23.2 Å². The second-order valence-corrected chi connectivity index (χ2v) is 5.40. The molecule has 0 heterocycles. The number of alkyl halides is 3. The molecule has 0 bridgehead atoms. The molecule has 0 aromatic heterocycles. The summed E-state index contributed by atoms with van der Waals surface area (Å²) in [6, 6.07) is 4.66. The zero-order chi connectivity index (χ0) is 17.2. The lowest BCUT2D eigenvalue weighted by atomic mass is 10.1. The molecule has 0 radical (unpaired) electrons. The van der Waals surface area contributed by atoms with Gasteiger partial charge in [-0.1, -0.05) is 23.2 Å². The van der Waals surface area contributed by atoms with Crippen LogP contribution in [-0.2, 0) is 12.8 Å². The van der Waals surface area contributed by atoms with Crippen LogP contribution in [0.3, 0.4) is 0 Å². The van der Waals surface area contributed by atoms with Crippen LogP contribution < -0.4 is 4.74 Å². The zero-order valence-corrected chi connectivity index (χ0v) is 12.8. The van der Waals surface area contributed by atoms with E-state index >= 15 is 0 Å². The fraction of sp³-hybridized carbons (Fsp3) is 0.133. The van der Waals surface area contributed by atoms with Crippen molar-refractivity contribution in [3.05, 3.63) is 62.9 Å². The smallest absolute Gasteiger partial charge is 0.416 e. The van der Waals surface area contributed by atoms with Crippen LogP contribution in [0.5, 0.6) is 5.75 Å². The van der Waals surface area contributed by atoms with Crippen molar-refractivity contribution < 1.29 is 27.1 Å². The Balaban J connectivity index is 2.29. The van der Waals surface area contributed by atoms with Crippen LogP contribution in [0.4, 0.5) is 17.6 Å². The number of benzene rings is 2. The van der Waals surface area contributed by atoms with Crippen molar-refractivity contribution >= 4 is 29.5 Å². The van der Waals surface area contributed by atoms with Crippen LogP contribution in [0.2, 0.25) is 10.0 Å². The van der Waals surface area contributed by atoms with E-state index in [1.165, 1.54) is 12.1 Å². The minimum Gasteiger partial charge on any atom is -0.487 e. The highest BCUT2D eigenvalue weighted by Gasteiger charge is 2.31. The average molecular weight is 367 g/mol. The number of aldehydes is 1. The molecule has 0 aliphatic rings. The van der Waals surface area contributed by atoms with Gasteiger partial charge in [0.05, 0.1) is 16.1 Å². The summed E-state index contributed by atoms with van der Waals surface area (Å²) in [7, 11) is 0. The summed E-state index contributed by atoms with van der Waals surface area (Å²) < 4.78 is 56.5. The summed E-state index contributed by atoms with van der Waals surface area (Å²) in [4.78, 5) is 11.0. The number of ether oxygens (including phenoxy) is 1. The van der Waals surface area contributed by atoms with E-state index in [9.17, 15) is 22.4 Å². The summed E-state index contributed by atoms with van der Waals surface area (Å²) >= 11 is 11.6. The standard InChI is InChI=1S/C15H8Cl2F4O2/c16-11-3-9(6-22)14(13(17)5-11)23-7-8-1-10(15(19,20)21)4-12(18)2-8/h1-6H,7H2. The minimum atomic E-state index is -4.68. The fourth-order valence-corrected chi connectivity index (χ4v) is 2.44. The highest BCUT2D eigenvalue weighted by atomic mass is 35.5. The summed E-state index contributed by atoms with van der Waals surface area (Å²) in [5.74, 6) is -1.08. The lowest BCUT2D eigenvalue weighted by molar-refractivity contribution is -0.137. The Morgan fingerprint density at radius 3 is 2.39 bits per heavy atom. The molecule has 122 valence electrons. The molecule has 2 nitrogen and oxygen atoms in total. The van der Waals surface area contributed by atoms with Crippen molar-refractivity contribution in [2.75, 3.05) is 0 Å².